The second kappa shape index (κ2) is 4.41. The van der Waals surface area contributed by atoms with Crippen molar-refractivity contribution in [2.75, 3.05) is 0 Å². The lowest BCUT2D eigenvalue weighted by atomic mass is 9.92. The van der Waals surface area contributed by atoms with Crippen molar-refractivity contribution < 1.29 is 5.11 Å². The van der Waals surface area contributed by atoms with Crippen LogP contribution in [0.2, 0.25) is 0 Å². The summed E-state index contributed by atoms with van der Waals surface area (Å²) in [4.78, 5) is 4.46. The van der Waals surface area contributed by atoms with Crippen molar-refractivity contribution >= 4 is 6.21 Å². The molecule has 3 aliphatic rings. The summed E-state index contributed by atoms with van der Waals surface area (Å²) in [7, 11) is 0. The van der Waals surface area contributed by atoms with Crippen LogP contribution in [0, 0.1) is 5.92 Å². The highest BCUT2D eigenvalue weighted by Gasteiger charge is 2.39. The lowest BCUT2D eigenvalue weighted by molar-refractivity contribution is 0.176. The van der Waals surface area contributed by atoms with Crippen molar-refractivity contribution in [2.45, 2.75) is 50.4 Å². The van der Waals surface area contributed by atoms with Gasteiger partial charge in [-0.2, -0.15) is 0 Å². The summed E-state index contributed by atoms with van der Waals surface area (Å²) in [6, 6.07) is 0.162. The van der Waals surface area contributed by atoms with Crippen LogP contribution in [-0.4, -0.2) is 38.4 Å². The first-order chi connectivity index (χ1) is 9.78. The first-order valence-corrected chi connectivity index (χ1v) is 7.36. The molecule has 4 rings (SSSR count). The molecular weight excluding hydrogens is 254 g/mol. The Bertz CT molecular complexity index is 578. The molecule has 0 saturated heterocycles. The van der Waals surface area contributed by atoms with Crippen LogP contribution in [0.5, 0.6) is 0 Å². The molecule has 5 atom stereocenters. The number of hydrogen-bond donors (Lipinski definition) is 2. The summed E-state index contributed by atoms with van der Waals surface area (Å²) >= 11 is 0. The molecule has 0 amide bonds. The zero-order chi connectivity index (χ0) is 13.7. The Hall–Kier alpha value is -1.69. The van der Waals surface area contributed by atoms with E-state index < -0.39 is 0 Å². The molecule has 0 spiro atoms. The first-order valence-electron chi connectivity index (χ1n) is 7.36. The molecule has 0 radical (unpaired) electrons. The maximum atomic E-state index is 9.98. The first kappa shape index (κ1) is 12.1. The van der Waals surface area contributed by atoms with E-state index in [4.69, 9.17) is 0 Å². The molecule has 3 heterocycles. The Morgan fingerprint density at radius 2 is 2.30 bits per heavy atom. The number of aromatic nitrogens is 3. The molecular formula is C14H19N5O. The van der Waals surface area contributed by atoms with Gasteiger partial charge in [-0.3, -0.25) is 9.56 Å². The molecule has 1 unspecified atom stereocenters. The van der Waals surface area contributed by atoms with Crippen LogP contribution in [0.3, 0.4) is 0 Å². The second-order valence-electron chi connectivity index (χ2n) is 5.93. The molecule has 106 valence electrons. The van der Waals surface area contributed by atoms with Gasteiger partial charge in [-0.1, -0.05) is 13.3 Å². The van der Waals surface area contributed by atoms with Gasteiger partial charge in [0.15, 0.2) is 5.82 Å². The van der Waals surface area contributed by atoms with Gasteiger partial charge in [-0.05, 0) is 31.0 Å². The number of aliphatic imine (C=N–C) groups is 1. The Labute approximate surface area is 117 Å². The summed E-state index contributed by atoms with van der Waals surface area (Å²) in [6.07, 6.45) is 8.45. The van der Waals surface area contributed by atoms with Crippen molar-refractivity contribution in [3.05, 3.63) is 23.9 Å². The lowest BCUT2D eigenvalue weighted by Gasteiger charge is -2.26. The number of aliphatic hydroxyl groups excluding tert-OH is 1. The normalized spacial score (nSPS) is 37.8. The lowest BCUT2D eigenvalue weighted by Crippen LogP contribution is -2.33. The van der Waals surface area contributed by atoms with Crippen LogP contribution in [0.4, 0.5) is 0 Å². The summed E-state index contributed by atoms with van der Waals surface area (Å²) in [6.45, 7) is 2.18. The van der Waals surface area contributed by atoms with E-state index in [9.17, 15) is 5.11 Å². The summed E-state index contributed by atoms with van der Waals surface area (Å²) < 4.78 is 2.19. The number of nitrogens with zero attached hydrogens (tertiary/aromatic N) is 4. The van der Waals surface area contributed by atoms with E-state index in [2.05, 4.69) is 38.1 Å². The number of rotatable bonds is 2. The molecule has 1 aromatic heterocycles. The zero-order valence-corrected chi connectivity index (χ0v) is 11.5. The highest BCUT2D eigenvalue weighted by molar-refractivity contribution is 5.76. The molecule has 2 aliphatic heterocycles. The maximum Gasteiger partial charge on any atom is 0.175 e. The third kappa shape index (κ3) is 1.64. The van der Waals surface area contributed by atoms with Gasteiger partial charge in [-0.15, -0.1) is 10.2 Å². The van der Waals surface area contributed by atoms with E-state index in [1.165, 1.54) is 0 Å². The Morgan fingerprint density at radius 3 is 3.15 bits per heavy atom. The molecule has 6 nitrogen and oxygen atoms in total. The van der Waals surface area contributed by atoms with E-state index in [0.717, 1.165) is 30.9 Å². The summed E-state index contributed by atoms with van der Waals surface area (Å²) in [5.74, 6) is 2.63. The highest BCUT2D eigenvalue weighted by Crippen LogP contribution is 2.42. The van der Waals surface area contributed by atoms with Gasteiger partial charge in [0.1, 0.15) is 12.0 Å². The van der Waals surface area contributed by atoms with Gasteiger partial charge in [0.05, 0.1) is 18.4 Å². The molecule has 20 heavy (non-hydrogen) atoms. The second-order valence-corrected chi connectivity index (χ2v) is 5.93. The fourth-order valence-electron chi connectivity index (χ4n) is 3.79. The average molecular weight is 273 g/mol. The Kier molecular flexibility index (Phi) is 2.66. The predicted octanol–water partition coefficient (Wildman–Crippen LogP) is 0.959. The summed E-state index contributed by atoms with van der Waals surface area (Å²) in [5, 5.41) is 21.9. The van der Waals surface area contributed by atoms with E-state index in [1.54, 1.807) is 6.21 Å². The minimum absolute atomic E-state index is 0.0589. The number of nitrogens with one attached hydrogen (secondary N) is 1. The van der Waals surface area contributed by atoms with Crippen LogP contribution in [-0.2, 0) is 0 Å². The van der Waals surface area contributed by atoms with E-state index in [-0.39, 0.29) is 18.3 Å². The van der Waals surface area contributed by atoms with Gasteiger partial charge in [0.2, 0.25) is 0 Å². The molecule has 1 fully saturated rings. The fourth-order valence-corrected chi connectivity index (χ4v) is 3.79. The highest BCUT2D eigenvalue weighted by atomic mass is 16.3. The smallest absolute Gasteiger partial charge is 0.175 e. The van der Waals surface area contributed by atoms with Crippen LogP contribution in [0.15, 0.2) is 17.3 Å². The van der Waals surface area contributed by atoms with Crippen molar-refractivity contribution in [3.63, 3.8) is 0 Å². The van der Waals surface area contributed by atoms with Crippen LogP contribution in [0.25, 0.3) is 0 Å². The Morgan fingerprint density at radius 1 is 1.40 bits per heavy atom. The molecule has 1 aromatic rings. The molecule has 6 heteroatoms. The topological polar surface area (TPSA) is 75.3 Å². The Balaban J connectivity index is 1.76. The third-order valence-electron chi connectivity index (χ3n) is 4.81. The van der Waals surface area contributed by atoms with Crippen LogP contribution >= 0.6 is 0 Å². The number of fused-ring (bicyclic) bond motifs is 3. The fraction of sp³-hybridized carbons (Fsp3) is 0.643. The van der Waals surface area contributed by atoms with Crippen molar-refractivity contribution in [1.29, 1.82) is 0 Å². The summed E-state index contributed by atoms with van der Waals surface area (Å²) in [5.41, 5.74) is 0. The molecule has 0 aromatic carbocycles. The van der Waals surface area contributed by atoms with Crippen molar-refractivity contribution in [1.82, 2.24) is 20.1 Å². The molecule has 2 N–H and O–H groups in total. The quantitative estimate of drug-likeness (QED) is 0.841. The van der Waals surface area contributed by atoms with Crippen molar-refractivity contribution in [2.24, 2.45) is 10.9 Å². The number of aliphatic hydroxyl groups is 1. The van der Waals surface area contributed by atoms with Gasteiger partial charge in [-0.25, -0.2) is 0 Å². The maximum absolute atomic E-state index is 9.98. The van der Waals surface area contributed by atoms with Crippen molar-refractivity contribution in [3.8, 4) is 0 Å². The minimum Gasteiger partial charge on any atom is -0.393 e. The predicted molar refractivity (Wildman–Crippen MR) is 74.5 cm³/mol. The SMILES string of the molecule is CC[C@@H]1C[C@@H](O)C[C@@H]1c1nnc2n1C1C=CN[C@H]1N=C2. The van der Waals surface area contributed by atoms with Gasteiger partial charge >= 0.3 is 0 Å². The average Bonchev–Trinajstić information content (AvgIpc) is 3.13. The molecule has 1 aliphatic carbocycles. The van der Waals surface area contributed by atoms with Gasteiger partial charge < -0.3 is 10.4 Å². The third-order valence-corrected chi connectivity index (χ3v) is 4.81. The minimum atomic E-state index is -0.205. The van der Waals surface area contributed by atoms with Crippen LogP contribution < -0.4 is 5.32 Å². The van der Waals surface area contributed by atoms with Gasteiger partial charge in [0, 0.05) is 5.92 Å². The standard InChI is InChI=1S/C14H19N5O/c1-2-8-5-9(20)6-10(8)14-18-17-12-7-16-13-11(19(12)14)3-4-15-13/h3-4,7-11,13,15,20H,2,5-6H2,1H3/t8-,9-,10+,11?,13+/m1/s1. The van der Waals surface area contributed by atoms with E-state index in [1.807, 2.05) is 6.20 Å². The van der Waals surface area contributed by atoms with E-state index in [0.29, 0.717) is 11.8 Å². The monoisotopic (exact) mass is 273 g/mol. The van der Waals surface area contributed by atoms with Gasteiger partial charge in [0.25, 0.3) is 0 Å². The van der Waals surface area contributed by atoms with Crippen LogP contribution in [0.1, 0.15) is 49.8 Å². The van der Waals surface area contributed by atoms with E-state index >= 15 is 0 Å². The number of hydrogen-bond acceptors (Lipinski definition) is 5. The zero-order valence-electron chi connectivity index (χ0n) is 11.5. The molecule has 1 saturated carbocycles. The largest absolute Gasteiger partial charge is 0.393 e. The molecule has 0 bridgehead atoms.